The zero-order chi connectivity index (χ0) is 6.41. The minimum Gasteiger partial charge on any atom is -0.211 e. The molecule has 0 aromatic rings. The Morgan fingerprint density at radius 2 is 2.12 bits per heavy atom. The fraction of sp³-hybridized carbons (Fsp3) is 0.800. The monoisotopic (exact) mass is 139 g/mol. The molecule has 0 amide bonds. The van der Waals surface area contributed by atoms with E-state index in [2.05, 4.69) is 6.92 Å². The standard InChI is InChI=1S/C5H9F2S/c1-2-8-4-3-5(6)7/h5H,1-4H2. The summed E-state index contributed by atoms with van der Waals surface area (Å²) in [6.07, 6.45) is -2.14. The van der Waals surface area contributed by atoms with Gasteiger partial charge in [0.05, 0.1) is 0 Å². The molecule has 0 aliphatic heterocycles. The van der Waals surface area contributed by atoms with E-state index in [-0.39, 0.29) is 6.42 Å². The molecule has 0 spiro atoms. The molecule has 0 aromatic carbocycles. The van der Waals surface area contributed by atoms with Crippen molar-refractivity contribution in [2.45, 2.75) is 12.8 Å². The van der Waals surface area contributed by atoms with E-state index in [1.807, 2.05) is 0 Å². The Kier molecular flexibility index (Phi) is 5.49. The van der Waals surface area contributed by atoms with Gasteiger partial charge in [-0.25, -0.2) is 8.78 Å². The molecule has 0 unspecified atom stereocenters. The average Bonchev–Trinajstić information content (AvgIpc) is 1.66. The van der Waals surface area contributed by atoms with Crippen molar-refractivity contribution in [1.82, 2.24) is 0 Å². The van der Waals surface area contributed by atoms with E-state index in [1.54, 1.807) is 0 Å². The van der Waals surface area contributed by atoms with Crippen LogP contribution in [-0.2, 0) is 0 Å². The molecule has 0 saturated carbocycles. The third kappa shape index (κ3) is 6.21. The normalized spacial score (nSPS) is 10.5. The largest absolute Gasteiger partial charge is 0.239 e. The summed E-state index contributed by atoms with van der Waals surface area (Å²) in [7, 11) is 0. The minimum atomic E-state index is -2.14. The van der Waals surface area contributed by atoms with Gasteiger partial charge in [-0.15, -0.1) is 0 Å². The van der Waals surface area contributed by atoms with Gasteiger partial charge in [-0.3, -0.25) is 0 Å². The second kappa shape index (κ2) is 5.35. The van der Waals surface area contributed by atoms with Crippen LogP contribution in [0.5, 0.6) is 0 Å². The summed E-state index contributed by atoms with van der Waals surface area (Å²) in [5, 5.41) is 0. The number of halogens is 2. The SMILES string of the molecule is [CH2]CSCCC(F)F. The van der Waals surface area contributed by atoms with Crippen molar-refractivity contribution < 1.29 is 8.78 Å². The molecule has 0 fully saturated rings. The first-order valence-corrected chi connectivity index (χ1v) is 3.58. The molecule has 0 atom stereocenters. The van der Waals surface area contributed by atoms with Crippen LogP contribution in [0, 0.1) is 6.92 Å². The van der Waals surface area contributed by atoms with Crippen LogP contribution in [0.25, 0.3) is 0 Å². The van der Waals surface area contributed by atoms with Gasteiger partial charge in [0.15, 0.2) is 0 Å². The summed E-state index contributed by atoms with van der Waals surface area (Å²) in [5.74, 6) is 1.22. The topological polar surface area (TPSA) is 0 Å². The third-order valence-corrected chi connectivity index (χ3v) is 1.44. The Labute approximate surface area is 52.7 Å². The second-order valence-corrected chi connectivity index (χ2v) is 2.52. The van der Waals surface area contributed by atoms with Crippen molar-refractivity contribution in [3.8, 4) is 0 Å². The maximum atomic E-state index is 11.3. The predicted molar refractivity (Wildman–Crippen MR) is 33.3 cm³/mol. The lowest BCUT2D eigenvalue weighted by Gasteiger charge is -1.94. The summed E-state index contributed by atoms with van der Waals surface area (Å²) in [6, 6.07) is 0. The lowest BCUT2D eigenvalue weighted by molar-refractivity contribution is 0.145. The number of hydrogen-bond acceptors (Lipinski definition) is 1. The number of hydrogen-bond donors (Lipinski definition) is 0. The van der Waals surface area contributed by atoms with E-state index < -0.39 is 6.43 Å². The van der Waals surface area contributed by atoms with E-state index in [9.17, 15) is 8.78 Å². The maximum absolute atomic E-state index is 11.3. The van der Waals surface area contributed by atoms with Crippen molar-refractivity contribution >= 4 is 11.8 Å². The molecule has 0 heterocycles. The molecule has 0 aliphatic rings. The predicted octanol–water partition coefficient (Wildman–Crippen LogP) is 2.21. The zero-order valence-electron chi connectivity index (χ0n) is 4.57. The van der Waals surface area contributed by atoms with E-state index in [0.717, 1.165) is 0 Å². The second-order valence-electron chi connectivity index (χ2n) is 1.29. The smallest absolute Gasteiger partial charge is 0.211 e. The Morgan fingerprint density at radius 3 is 2.50 bits per heavy atom. The lowest BCUT2D eigenvalue weighted by Crippen LogP contribution is -1.91. The molecule has 0 nitrogen and oxygen atoms in total. The van der Waals surface area contributed by atoms with Gasteiger partial charge in [0.2, 0.25) is 6.43 Å². The fourth-order valence-electron chi connectivity index (χ4n) is 0.274. The first-order chi connectivity index (χ1) is 3.77. The van der Waals surface area contributed by atoms with Gasteiger partial charge in [0, 0.05) is 6.42 Å². The summed E-state index contributed by atoms with van der Waals surface area (Å²) < 4.78 is 22.6. The van der Waals surface area contributed by atoms with Crippen molar-refractivity contribution in [3.05, 3.63) is 6.92 Å². The summed E-state index contributed by atoms with van der Waals surface area (Å²) in [4.78, 5) is 0. The molecule has 0 N–H and O–H groups in total. The van der Waals surface area contributed by atoms with E-state index in [4.69, 9.17) is 0 Å². The molecule has 49 valence electrons. The Hall–Kier alpha value is 0.210. The first kappa shape index (κ1) is 8.21. The summed E-state index contributed by atoms with van der Waals surface area (Å²) in [6.45, 7) is 3.50. The highest BCUT2D eigenvalue weighted by Gasteiger charge is 1.99. The molecule has 0 saturated heterocycles. The number of rotatable bonds is 4. The highest BCUT2D eigenvalue weighted by molar-refractivity contribution is 7.99. The highest BCUT2D eigenvalue weighted by atomic mass is 32.2. The van der Waals surface area contributed by atoms with Crippen molar-refractivity contribution in [1.29, 1.82) is 0 Å². The molecule has 1 radical (unpaired) electrons. The lowest BCUT2D eigenvalue weighted by atomic mass is 10.5. The van der Waals surface area contributed by atoms with Gasteiger partial charge in [-0.2, -0.15) is 11.8 Å². The first-order valence-electron chi connectivity index (χ1n) is 2.42. The van der Waals surface area contributed by atoms with Crippen LogP contribution in [0.2, 0.25) is 0 Å². The third-order valence-electron chi connectivity index (χ3n) is 0.625. The quantitative estimate of drug-likeness (QED) is 0.538. The van der Waals surface area contributed by atoms with Crippen LogP contribution >= 0.6 is 11.8 Å². The van der Waals surface area contributed by atoms with Crippen LogP contribution in [-0.4, -0.2) is 17.9 Å². The number of thioether (sulfide) groups is 1. The van der Waals surface area contributed by atoms with E-state index >= 15 is 0 Å². The van der Waals surface area contributed by atoms with Gasteiger partial charge in [0.1, 0.15) is 0 Å². The number of alkyl halides is 2. The van der Waals surface area contributed by atoms with Crippen LogP contribution in [0.1, 0.15) is 6.42 Å². The Morgan fingerprint density at radius 1 is 1.50 bits per heavy atom. The van der Waals surface area contributed by atoms with E-state index in [0.29, 0.717) is 11.5 Å². The summed E-state index contributed by atoms with van der Waals surface area (Å²) >= 11 is 1.45. The van der Waals surface area contributed by atoms with Crippen LogP contribution < -0.4 is 0 Å². The Bertz CT molecular complexity index is 47.7. The Balaban J connectivity index is 2.72. The molecule has 0 aromatic heterocycles. The molecule has 0 rings (SSSR count). The van der Waals surface area contributed by atoms with E-state index in [1.165, 1.54) is 11.8 Å². The molecule has 8 heavy (non-hydrogen) atoms. The van der Waals surface area contributed by atoms with Gasteiger partial charge in [-0.1, -0.05) is 0 Å². The van der Waals surface area contributed by atoms with Crippen LogP contribution in [0.15, 0.2) is 0 Å². The highest BCUT2D eigenvalue weighted by Crippen LogP contribution is 2.06. The van der Waals surface area contributed by atoms with Gasteiger partial charge in [0.25, 0.3) is 0 Å². The molecule has 0 aliphatic carbocycles. The molecule has 3 heteroatoms. The molecule has 0 bridgehead atoms. The maximum Gasteiger partial charge on any atom is 0.239 e. The van der Waals surface area contributed by atoms with Crippen LogP contribution in [0.4, 0.5) is 8.78 Å². The zero-order valence-corrected chi connectivity index (χ0v) is 5.39. The molecular weight excluding hydrogens is 130 g/mol. The molecular formula is C5H9F2S. The van der Waals surface area contributed by atoms with Gasteiger partial charge >= 0.3 is 0 Å². The van der Waals surface area contributed by atoms with Crippen LogP contribution in [0.3, 0.4) is 0 Å². The van der Waals surface area contributed by atoms with Crippen molar-refractivity contribution in [2.24, 2.45) is 0 Å². The van der Waals surface area contributed by atoms with Crippen molar-refractivity contribution in [2.75, 3.05) is 11.5 Å². The minimum absolute atomic E-state index is 0.000185. The summed E-state index contributed by atoms with van der Waals surface area (Å²) in [5.41, 5.74) is 0. The van der Waals surface area contributed by atoms with Gasteiger partial charge < -0.3 is 0 Å². The fourth-order valence-corrected chi connectivity index (χ4v) is 0.823. The average molecular weight is 139 g/mol. The van der Waals surface area contributed by atoms with Crippen molar-refractivity contribution in [3.63, 3.8) is 0 Å². The van der Waals surface area contributed by atoms with Gasteiger partial charge in [-0.05, 0) is 18.4 Å².